The lowest BCUT2D eigenvalue weighted by Gasteiger charge is -2.18. The molecule has 0 aromatic heterocycles. The molecule has 0 unspecified atom stereocenters. The number of terminal acetylenes is 1. The Balaban J connectivity index is 2.03. The van der Waals surface area contributed by atoms with Gasteiger partial charge in [0, 0.05) is 6.54 Å². The fourth-order valence-corrected chi connectivity index (χ4v) is 3.08. The molecule has 0 radical (unpaired) electrons. The summed E-state index contributed by atoms with van der Waals surface area (Å²) in [6.45, 7) is 2.76. The first-order valence-electron chi connectivity index (χ1n) is 9.68. The van der Waals surface area contributed by atoms with Gasteiger partial charge in [0.15, 0.2) is 17.6 Å². The Labute approximate surface area is 193 Å². The molecule has 0 spiro atoms. The topological polar surface area (TPSA) is 56.8 Å². The maximum Gasteiger partial charge on any atom is 0.253 e. The van der Waals surface area contributed by atoms with Crippen molar-refractivity contribution in [3.63, 3.8) is 0 Å². The summed E-state index contributed by atoms with van der Waals surface area (Å²) in [4.78, 5) is 12.8. The summed E-state index contributed by atoms with van der Waals surface area (Å²) in [7, 11) is 1.56. The van der Waals surface area contributed by atoms with E-state index in [0.29, 0.717) is 46.7 Å². The SMILES string of the molecule is C#CCOc1ccc(CCNC(=O)[C@@H](OC/C=C/C)c2ccc(Cl)c(Cl)c2)cc1OC. The van der Waals surface area contributed by atoms with Crippen LogP contribution in [-0.2, 0) is 16.0 Å². The van der Waals surface area contributed by atoms with Crippen molar-refractivity contribution in [1.29, 1.82) is 0 Å². The van der Waals surface area contributed by atoms with E-state index in [0.717, 1.165) is 5.56 Å². The van der Waals surface area contributed by atoms with Gasteiger partial charge in [-0.15, -0.1) is 6.42 Å². The van der Waals surface area contributed by atoms with Crippen molar-refractivity contribution in [3.8, 4) is 23.8 Å². The highest BCUT2D eigenvalue weighted by molar-refractivity contribution is 6.42. The fourth-order valence-electron chi connectivity index (χ4n) is 2.78. The van der Waals surface area contributed by atoms with E-state index in [-0.39, 0.29) is 12.5 Å². The lowest BCUT2D eigenvalue weighted by molar-refractivity contribution is -0.132. The Hall–Kier alpha value is -2.65. The van der Waals surface area contributed by atoms with E-state index in [1.807, 2.05) is 31.2 Å². The summed E-state index contributed by atoms with van der Waals surface area (Å²) >= 11 is 12.1. The van der Waals surface area contributed by atoms with Gasteiger partial charge in [0.2, 0.25) is 0 Å². The molecule has 5 nitrogen and oxygen atoms in total. The van der Waals surface area contributed by atoms with Crippen LogP contribution in [0.4, 0.5) is 0 Å². The molecule has 2 aromatic carbocycles. The minimum absolute atomic E-state index is 0.162. The van der Waals surface area contributed by atoms with Gasteiger partial charge < -0.3 is 19.5 Å². The average molecular weight is 462 g/mol. The number of amides is 1. The van der Waals surface area contributed by atoms with Crippen LogP contribution >= 0.6 is 23.2 Å². The highest BCUT2D eigenvalue weighted by atomic mass is 35.5. The minimum Gasteiger partial charge on any atom is -0.493 e. The number of ether oxygens (including phenoxy) is 3. The van der Waals surface area contributed by atoms with Crippen LogP contribution in [-0.4, -0.2) is 32.8 Å². The Morgan fingerprint density at radius 2 is 2.00 bits per heavy atom. The molecule has 1 amide bonds. The molecule has 0 saturated heterocycles. The second-order valence-corrected chi connectivity index (χ2v) is 7.29. The third kappa shape index (κ3) is 7.52. The number of carbonyl (C=O) groups is 1. The van der Waals surface area contributed by atoms with E-state index in [1.165, 1.54) is 0 Å². The summed E-state index contributed by atoms with van der Waals surface area (Å²) < 4.78 is 16.6. The molecule has 2 rings (SSSR count). The van der Waals surface area contributed by atoms with E-state index in [1.54, 1.807) is 31.4 Å². The number of methoxy groups -OCH3 is 1. The molecular weight excluding hydrogens is 437 g/mol. The van der Waals surface area contributed by atoms with Gasteiger partial charge in [-0.25, -0.2) is 0 Å². The largest absolute Gasteiger partial charge is 0.493 e. The van der Waals surface area contributed by atoms with Crippen LogP contribution in [0.5, 0.6) is 11.5 Å². The van der Waals surface area contributed by atoms with Crippen LogP contribution in [0.2, 0.25) is 10.0 Å². The summed E-state index contributed by atoms with van der Waals surface area (Å²) in [6, 6.07) is 10.6. The van der Waals surface area contributed by atoms with Crippen molar-refractivity contribution >= 4 is 29.1 Å². The van der Waals surface area contributed by atoms with E-state index < -0.39 is 6.10 Å². The molecule has 2 aromatic rings. The maximum absolute atomic E-state index is 12.8. The Morgan fingerprint density at radius 3 is 2.68 bits per heavy atom. The van der Waals surface area contributed by atoms with E-state index >= 15 is 0 Å². The summed E-state index contributed by atoms with van der Waals surface area (Å²) in [5.74, 6) is 3.32. The summed E-state index contributed by atoms with van der Waals surface area (Å²) in [5, 5.41) is 3.70. The molecule has 0 heterocycles. The number of carbonyl (C=O) groups excluding carboxylic acids is 1. The molecular formula is C24H25Cl2NO4. The third-order valence-corrected chi connectivity index (χ3v) is 5.07. The van der Waals surface area contributed by atoms with Crippen molar-refractivity contribution in [2.45, 2.75) is 19.4 Å². The van der Waals surface area contributed by atoms with Crippen molar-refractivity contribution in [2.75, 3.05) is 26.9 Å². The molecule has 1 N–H and O–H groups in total. The first kappa shape index (κ1) is 24.6. The number of halogens is 2. The Kier molecular flexibility index (Phi) is 10.3. The summed E-state index contributed by atoms with van der Waals surface area (Å²) in [5.41, 5.74) is 1.61. The standard InChI is InChI=1S/C24H25Cl2NO4/c1-4-6-14-31-23(18-8-9-19(25)20(26)16-18)24(28)27-12-11-17-7-10-21(30-13-5-2)22(15-17)29-3/h2,4,6-10,15-16,23H,11-14H2,1,3H3,(H,27,28)/b6-4+/t23-/m0/s1. The van der Waals surface area contributed by atoms with Gasteiger partial charge in [-0.05, 0) is 48.7 Å². The zero-order valence-corrected chi connectivity index (χ0v) is 19.0. The van der Waals surface area contributed by atoms with E-state index in [2.05, 4.69) is 11.2 Å². The molecule has 1 atom stereocenters. The van der Waals surface area contributed by atoms with Crippen LogP contribution in [0.25, 0.3) is 0 Å². The van der Waals surface area contributed by atoms with Gasteiger partial charge in [0.1, 0.15) is 6.61 Å². The third-order valence-electron chi connectivity index (χ3n) is 4.33. The average Bonchev–Trinajstić information content (AvgIpc) is 2.77. The van der Waals surface area contributed by atoms with Crippen LogP contribution in [0.3, 0.4) is 0 Å². The highest BCUT2D eigenvalue weighted by Crippen LogP contribution is 2.29. The number of allylic oxidation sites excluding steroid dienone is 1. The van der Waals surface area contributed by atoms with Crippen molar-refractivity contribution in [1.82, 2.24) is 5.32 Å². The minimum atomic E-state index is -0.806. The van der Waals surface area contributed by atoms with Crippen LogP contribution in [0.1, 0.15) is 24.2 Å². The highest BCUT2D eigenvalue weighted by Gasteiger charge is 2.21. The number of hydrogen-bond donors (Lipinski definition) is 1. The normalized spacial score (nSPS) is 11.7. The zero-order valence-electron chi connectivity index (χ0n) is 17.5. The van der Waals surface area contributed by atoms with Gasteiger partial charge in [-0.2, -0.15) is 0 Å². The monoisotopic (exact) mass is 461 g/mol. The van der Waals surface area contributed by atoms with Gasteiger partial charge in [-0.3, -0.25) is 4.79 Å². The molecule has 7 heteroatoms. The molecule has 0 fully saturated rings. The fraction of sp³-hybridized carbons (Fsp3) is 0.292. The molecule has 31 heavy (non-hydrogen) atoms. The van der Waals surface area contributed by atoms with Gasteiger partial charge in [0.25, 0.3) is 5.91 Å². The lowest BCUT2D eigenvalue weighted by atomic mass is 10.1. The second kappa shape index (κ2) is 12.9. The number of benzene rings is 2. The molecule has 0 bridgehead atoms. The van der Waals surface area contributed by atoms with Crippen molar-refractivity contribution in [2.24, 2.45) is 0 Å². The quantitative estimate of drug-likeness (QED) is 0.377. The van der Waals surface area contributed by atoms with Crippen molar-refractivity contribution in [3.05, 3.63) is 69.7 Å². The Bertz CT molecular complexity index is 953. The maximum atomic E-state index is 12.8. The first-order valence-corrected chi connectivity index (χ1v) is 10.4. The molecule has 0 aliphatic carbocycles. The van der Waals surface area contributed by atoms with Crippen LogP contribution in [0, 0.1) is 12.3 Å². The first-order chi connectivity index (χ1) is 15.0. The molecule has 0 aliphatic rings. The van der Waals surface area contributed by atoms with Gasteiger partial charge in [-0.1, -0.05) is 53.4 Å². The van der Waals surface area contributed by atoms with Crippen LogP contribution < -0.4 is 14.8 Å². The predicted molar refractivity (Wildman–Crippen MR) is 124 cm³/mol. The number of hydrogen-bond acceptors (Lipinski definition) is 4. The molecule has 0 saturated carbocycles. The number of nitrogens with one attached hydrogen (secondary N) is 1. The van der Waals surface area contributed by atoms with E-state index in [9.17, 15) is 4.79 Å². The molecule has 164 valence electrons. The molecule has 0 aliphatic heterocycles. The smallest absolute Gasteiger partial charge is 0.253 e. The van der Waals surface area contributed by atoms with Gasteiger partial charge >= 0.3 is 0 Å². The number of rotatable bonds is 11. The zero-order chi connectivity index (χ0) is 22.6. The van der Waals surface area contributed by atoms with E-state index in [4.69, 9.17) is 43.8 Å². The second-order valence-electron chi connectivity index (χ2n) is 6.47. The van der Waals surface area contributed by atoms with Crippen LogP contribution in [0.15, 0.2) is 48.6 Å². The van der Waals surface area contributed by atoms with Gasteiger partial charge in [0.05, 0.1) is 23.8 Å². The van der Waals surface area contributed by atoms with Crippen molar-refractivity contribution < 1.29 is 19.0 Å². The predicted octanol–water partition coefficient (Wildman–Crippen LogP) is 5.01. The lowest BCUT2D eigenvalue weighted by Crippen LogP contribution is -2.32. The summed E-state index contributed by atoms with van der Waals surface area (Å²) in [6.07, 6.45) is 8.70. The Morgan fingerprint density at radius 1 is 1.19 bits per heavy atom.